The quantitative estimate of drug-likeness (QED) is 0.854. The van der Waals surface area contributed by atoms with Gasteiger partial charge in [0.1, 0.15) is 0 Å². The number of hydrogen-bond donors (Lipinski definition) is 1. The first kappa shape index (κ1) is 11.0. The van der Waals surface area contributed by atoms with E-state index in [0.29, 0.717) is 0 Å². The Morgan fingerprint density at radius 3 is 2.65 bits per heavy atom. The molecule has 1 aliphatic carbocycles. The van der Waals surface area contributed by atoms with E-state index in [4.69, 9.17) is 0 Å². The predicted molar refractivity (Wildman–Crippen MR) is 74.2 cm³/mol. The van der Waals surface area contributed by atoms with Crippen molar-refractivity contribution >= 4 is 11.3 Å². The van der Waals surface area contributed by atoms with Crippen LogP contribution in [0.25, 0.3) is 11.1 Å². The Morgan fingerprint density at radius 1 is 1.12 bits per heavy atom. The van der Waals surface area contributed by atoms with Crippen LogP contribution in [-0.2, 0) is 6.54 Å². The second-order valence-corrected chi connectivity index (χ2v) is 5.67. The van der Waals surface area contributed by atoms with E-state index in [1.807, 2.05) is 11.3 Å². The maximum Gasteiger partial charge on any atom is 0.0302 e. The average Bonchev–Trinajstić information content (AvgIpc) is 2.77. The van der Waals surface area contributed by atoms with Gasteiger partial charge in [-0.05, 0) is 35.4 Å². The van der Waals surface area contributed by atoms with Crippen molar-refractivity contribution in [3.8, 4) is 11.1 Å². The van der Waals surface area contributed by atoms with E-state index in [0.717, 1.165) is 12.6 Å². The number of hydrogen-bond acceptors (Lipinski definition) is 2. The Balaban J connectivity index is 1.65. The zero-order valence-corrected chi connectivity index (χ0v) is 10.7. The second kappa shape index (κ2) is 5.03. The monoisotopic (exact) mass is 243 g/mol. The molecule has 1 aromatic heterocycles. The molecule has 1 nitrogen and oxygen atoms in total. The van der Waals surface area contributed by atoms with E-state index < -0.39 is 0 Å². The van der Waals surface area contributed by atoms with Crippen molar-refractivity contribution in [3.63, 3.8) is 0 Å². The first-order chi connectivity index (χ1) is 8.42. The van der Waals surface area contributed by atoms with E-state index in [-0.39, 0.29) is 0 Å². The number of nitrogens with one attached hydrogen (secondary N) is 1. The highest BCUT2D eigenvalue weighted by atomic mass is 32.1. The summed E-state index contributed by atoms with van der Waals surface area (Å²) >= 11 is 1.86. The molecule has 2 aromatic rings. The van der Waals surface area contributed by atoms with Crippen molar-refractivity contribution in [3.05, 3.63) is 46.7 Å². The third kappa shape index (κ3) is 2.59. The summed E-state index contributed by atoms with van der Waals surface area (Å²) in [6.07, 6.45) is 4.12. The summed E-state index contributed by atoms with van der Waals surface area (Å²) in [5, 5.41) is 5.87. The Morgan fingerprint density at radius 2 is 1.94 bits per heavy atom. The van der Waals surface area contributed by atoms with Gasteiger partial charge in [0.2, 0.25) is 0 Å². The molecule has 0 amide bonds. The van der Waals surface area contributed by atoms with Crippen LogP contribution >= 0.6 is 11.3 Å². The summed E-state index contributed by atoms with van der Waals surface area (Å²) in [7, 11) is 0. The minimum Gasteiger partial charge on any atom is -0.309 e. The molecule has 1 fully saturated rings. The molecule has 2 heteroatoms. The fraction of sp³-hybridized carbons (Fsp3) is 0.333. The van der Waals surface area contributed by atoms with Crippen molar-refractivity contribution in [1.82, 2.24) is 5.32 Å². The highest BCUT2D eigenvalue weighted by Crippen LogP contribution is 2.26. The lowest BCUT2D eigenvalue weighted by Gasteiger charge is -2.26. The van der Waals surface area contributed by atoms with Gasteiger partial charge in [-0.3, -0.25) is 0 Å². The van der Waals surface area contributed by atoms with Crippen LogP contribution in [0, 0.1) is 0 Å². The van der Waals surface area contributed by atoms with Gasteiger partial charge in [-0.1, -0.05) is 36.8 Å². The van der Waals surface area contributed by atoms with Gasteiger partial charge in [-0.15, -0.1) is 11.3 Å². The lowest BCUT2D eigenvalue weighted by molar-refractivity contribution is 0.339. The minimum atomic E-state index is 0.775. The van der Waals surface area contributed by atoms with Crippen molar-refractivity contribution in [2.45, 2.75) is 31.8 Å². The molecule has 3 rings (SSSR count). The molecule has 0 radical (unpaired) electrons. The average molecular weight is 243 g/mol. The molecule has 0 aliphatic heterocycles. The van der Waals surface area contributed by atoms with Gasteiger partial charge in [-0.25, -0.2) is 0 Å². The molecule has 0 saturated heterocycles. The largest absolute Gasteiger partial charge is 0.309 e. The molecule has 1 N–H and O–H groups in total. The predicted octanol–water partition coefficient (Wildman–Crippen LogP) is 4.06. The number of benzene rings is 1. The third-order valence-corrected chi connectivity index (χ3v) is 4.37. The van der Waals surface area contributed by atoms with E-state index in [2.05, 4.69) is 47.1 Å². The Bertz CT molecular complexity index is 471. The topological polar surface area (TPSA) is 12.0 Å². The third-order valence-electron chi connectivity index (χ3n) is 3.43. The van der Waals surface area contributed by atoms with Crippen LogP contribution in [0.5, 0.6) is 0 Å². The fourth-order valence-electron chi connectivity index (χ4n) is 2.11. The van der Waals surface area contributed by atoms with Crippen LogP contribution in [-0.4, -0.2) is 6.04 Å². The standard InChI is InChI=1S/C15H17NS/c1-2-5-12(6-3-1)13-9-15(17-11-13)10-16-14-7-4-8-14/h1-3,5-6,9,11,14,16H,4,7-8,10H2. The second-order valence-electron chi connectivity index (χ2n) is 4.68. The van der Waals surface area contributed by atoms with Gasteiger partial charge in [0, 0.05) is 17.5 Å². The number of rotatable bonds is 4. The van der Waals surface area contributed by atoms with Crippen molar-refractivity contribution < 1.29 is 0 Å². The summed E-state index contributed by atoms with van der Waals surface area (Å²) in [6.45, 7) is 1.03. The molecule has 1 heterocycles. The van der Waals surface area contributed by atoms with E-state index in [1.165, 1.54) is 35.3 Å². The van der Waals surface area contributed by atoms with Crippen molar-refractivity contribution in [2.24, 2.45) is 0 Å². The maximum absolute atomic E-state index is 3.61. The molecule has 1 aliphatic rings. The molecular formula is C15H17NS. The smallest absolute Gasteiger partial charge is 0.0302 e. The van der Waals surface area contributed by atoms with E-state index >= 15 is 0 Å². The van der Waals surface area contributed by atoms with E-state index in [9.17, 15) is 0 Å². The van der Waals surface area contributed by atoms with Gasteiger partial charge in [-0.2, -0.15) is 0 Å². The van der Waals surface area contributed by atoms with Gasteiger partial charge in [0.25, 0.3) is 0 Å². The molecule has 0 unspecified atom stereocenters. The van der Waals surface area contributed by atoms with Crippen LogP contribution in [0.15, 0.2) is 41.8 Å². The normalized spacial score (nSPS) is 15.8. The van der Waals surface area contributed by atoms with Gasteiger partial charge < -0.3 is 5.32 Å². The lowest BCUT2D eigenvalue weighted by atomic mass is 9.93. The van der Waals surface area contributed by atoms with E-state index in [1.54, 1.807) is 0 Å². The molecule has 1 saturated carbocycles. The van der Waals surface area contributed by atoms with Crippen LogP contribution in [0.2, 0.25) is 0 Å². The molecule has 0 bridgehead atoms. The Hall–Kier alpha value is -1.12. The minimum absolute atomic E-state index is 0.775. The molecule has 88 valence electrons. The van der Waals surface area contributed by atoms with Crippen molar-refractivity contribution in [1.29, 1.82) is 0 Å². The molecule has 17 heavy (non-hydrogen) atoms. The summed E-state index contributed by atoms with van der Waals surface area (Å²) in [5.41, 5.74) is 2.67. The molecular weight excluding hydrogens is 226 g/mol. The summed E-state index contributed by atoms with van der Waals surface area (Å²) in [5.74, 6) is 0. The Labute approximate surface area is 106 Å². The maximum atomic E-state index is 3.61. The zero-order valence-electron chi connectivity index (χ0n) is 9.86. The zero-order chi connectivity index (χ0) is 11.5. The van der Waals surface area contributed by atoms with Gasteiger partial charge >= 0.3 is 0 Å². The summed E-state index contributed by atoms with van der Waals surface area (Å²) in [4.78, 5) is 1.44. The molecule has 0 atom stereocenters. The van der Waals surface area contributed by atoms with Gasteiger partial charge in [0.05, 0.1) is 0 Å². The number of thiophene rings is 1. The van der Waals surface area contributed by atoms with Crippen LogP contribution in [0.4, 0.5) is 0 Å². The van der Waals surface area contributed by atoms with Crippen LogP contribution < -0.4 is 5.32 Å². The molecule has 1 aromatic carbocycles. The summed E-state index contributed by atoms with van der Waals surface area (Å²) in [6, 6.07) is 13.7. The first-order valence-electron chi connectivity index (χ1n) is 6.28. The SMILES string of the molecule is c1ccc(-c2csc(CNC3CCC3)c2)cc1. The highest BCUT2D eigenvalue weighted by Gasteiger charge is 2.16. The van der Waals surface area contributed by atoms with Crippen LogP contribution in [0.3, 0.4) is 0 Å². The molecule has 0 spiro atoms. The Kier molecular flexibility index (Phi) is 3.25. The van der Waals surface area contributed by atoms with Crippen molar-refractivity contribution in [2.75, 3.05) is 0 Å². The highest BCUT2D eigenvalue weighted by molar-refractivity contribution is 7.10. The van der Waals surface area contributed by atoms with Gasteiger partial charge in [0.15, 0.2) is 0 Å². The fourth-order valence-corrected chi connectivity index (χ4v) is 2.96. The lowest BCUT2D eigenvalue weighted by Crippen LogP contribution is -2.34. The summed E-state index contributed by atoms with van der Waals surface area (Å²) < 4.78 is 0. The first-order valence-corrected chi connectivity index (χ1v) is 7.16. The van der Waals surface area contributed by atoms with Crippen LogP contribution in [0.1, 0.15) is 24.1 Å².